The van der Waals surface area contributed by atoms with Gasteiger partial charge in [-0.2, -0.15) is 0 Å². The SMILES string of the molecule is O.[O-2].[O-2].[O-2].[Y+3].[Y+3]. The van der Waals surface area contributed by atoms with E-state index in [0.29, 0.717) is 0 Å². The number of rotatable bonds is 0. The molecule has 0 spiro atoms. The van der Waals surface area contributed by atoms with Crippen LogP contribution in [0.2, 0.25) is 0 Å². The molecule has 0 aliphatic heterocycles. The Kier molecular flexibility index (Phi) is 977. The van der Waals surface area contributed by atoms with Crippen LogP contribution in [0.4, 0.5) is 0 Å². The van der Waals surface area contributed by atoms with Gasteiger partial charge >= 0.3 is 65.4 Å². The Hall–Kier alpha value is 2.05. The summed E-state index contributed by atoms with van der Waals surface area (Å²) in [4.78, 5) is 0. The van der Waals surface area contributed by atoms with Crippen LogP contribution in [0.1, 0.15) is 0 Å². The van der Waals surface area contributed by atoms with Gasteiger partial charge in [0.2, 0.25) is 0 Å². The van der Waals surface area contributed by atoms with E-state index >= 15 is 0 Å². The van der Waals surface area contributed by atoms with Gasteiger partial charge in [0.25, 0.3) is 0 Å². The topological polar surface area (TPSA) is 117 Å². The molecular weight excluding hydrogens is 242 g/mol. The quantitative estimate of drug-likeness (QED) is 0.509. The molecule has 2 N–H and O–H groups in total. The van der Waals surface area contributed by atoms with E-state index < -0.39 is 0 Å². The zero-order chi connectivity index (χ0) is 0. The van der Waals surface area contributed by atoms with E-state index in [1.165, 1.54) is 0 Å². The third kappa shape index (κ3) is 36.7. The molecule has 0 fully saturated rings. The molecule has 0 aromatic rings. The van der Waals surface area contributed by atoms with Crippen molar-refractivity contribution in [3.05, 3.63) is 0 Å². The Morgan fingerprint density at radius 3 is 0.500 bits per heavy atom. The molecule has 0 atom stereocenters. The summed E-state index contributed by atoms with van der Waals surface area (Å²) in [6, 6.07) is 0. The van der Waals surface area contributed by atoms with E-state index in [9.17, 15) is 0 Å². The zero-order valence-electron chi connectivity index (χ0n) is 2.88. The smallest absolute Gasteiger partial charge is 2.00 e. The molecule has 6 heteroatoms. The van der Waals surface area contributed by atoms with Crippen LogP contribution >= 0.6 is 0 Å². The van der Waals surface area contributed by atoms with Gasteiger partial charge in [-0.05, 0) is 0 Å². The molecule has 0 radical (unpaired) electrons. The predicted molar refractivity (Wildman–Crippen MR) is 5.67 cm³/mol. The molecule has 6 heavy (non-hydrogen) atoms. The van der Waals surface area contributed by atoms with Crippen molar-refractivity contribution in [2.24, 2.45) is 0 Å². The Bertz CT molecular complexity index is 5.51. The Balaban J connectivity index is 0. The summed E-state index contributed by atoms with van der Waals surface area (Å²) < 4.78 is 0. The van der Waals surface area contributed by atoms with Gasteiger partial charge in [0, 0.05) is 0 Å². The fourth-order valence-electron chi connectivity index (χ4n) is 0. The minimum absolute atomic E-state index is 0. The molecule has 0 aliphatic rings. The van der Waals surface area contributed by atoms with Crippen molar-refractivity contribution in [2.45, 2.75) is 0 Å². The van der Waals surface area contributed by atoms with Crippen LogP contribution in [-0.4, -0.2) is 5.48 Å². The summed E-state index contributed by atoms with van der Waals surface area (Å²) in [5, 5.41) is 0. The first kappa shape index (κ1) is 95.3. The maximum Gasteiger partial charge on any atom is 3.00 e. The van der Waals surface area contributed by atoms with Gasteiger partial charge in [-0.15, -0.1) is 0 Å². The maximum atomic E-state index is 0. The third-order valence-corrected chi connectivity index (χ3v) is 0. The van der Waals surface area contributed by atoms with Crippen molar-refractivity contribution in [3.63, 3.8) is 0 Å². The molecule has 0 aromatic heterocycles. The van der Waals surface area contributed by atoms with E-state index in [2.05, 4.69) is 0 Å². The van der Waals surface area contributed by atoms with Crippen molar-refractivity contribution < 1.29 is 87.3 Å². The average Bonchev–Trinajstić information content (AvgIpc) is 0. The predicted octanol–water partition coefficient (Wildman–Crippen LogP) is -1.19. The van der Waals surface area contributed by atoms with Crippen LogP contribution in [0, 0.1) is 0 Å². The second-order valence-electron chi connectivity index (χ2n) is 0. The van der Waals surface area contributed by atoms with Crippen molar-refractivity contribution in [2.75, 3.05) is 0 Å². The summed E-state index contributed by atoms with van der Waals surface area (Å²) in [6.07, 6.45) is 0. The monoisotopic (exact) mass is 244 g/mol. The van der Waals surface area contributed by atoms with E-state index in [-0.39, 0.29) is 87.3 Å². The maximum absolute atomic E-state index is 0. The number of hydrogen-bond acceptors (Lipinski definition) is 0. The van der Waals surface area contributed by atoms with Crippen molar-refractivity contribution >= 4 is 0 Å². The van der Waals surface area contributed by atoms with Gasteiger partial charge in [0.15, 0.2) is 0 Å². The molecule has 0 unspecified atom stereocenters. The van der Waals surface area contributed by atoms with E-state index in [1.54, 1.807) is 0 Å². The first-order valence-electron chi connectivity index (χ1n) is 0. The molecule has 0 aromatic carbocycles. The van der Waals surface area contributed by atoms with Crippen LogP contribution in [-0.2, 0) is 81.8 Å². The minimum atomic E-state index is 0. The average molecular weight is 244 g/mol. The second kappa shape index (κ2) is 61.5. The van der Waals surface area contributed by atoms with Gasteiger partial charge in [-0.3, -0.25) is 0 Å². The fourth-order valence-corrected chi connectivity index (χ4v) is 0. The van der Waals surface area contributed by atoms with Crippen molar-refractivity contribution in [3.8, 4) is 0 Å². The van der Waals surface area contributed by atoms with Crippen molar-refractivity contribution in [1.29, 1.82) is 0 Å². The van der Waals surface area contributed by atoms with Gasteiger partial charge in [-0.1, -0.05) is 0 Å². The molecule has 0 saturated carbocycles. The summed E-state index contributed by atoms with van der Waals surface area (Å²) >= 11 is 0. The van der Waals surface area contributed by atoms with Gasteiger partial charge in [-0.25, -0.2) is 0 Å². The molecular formula is H2O4Y2. The van der Waals surface area contributed by atoms with E-state index in [1.807, 2.05) is 0 Å². The summed E-state index contributed by atoms with van der Waals surface area (Å²) in [5.74, 6) is 0. The van der Waals surface area contributed by atoms with E-state index in [4.69, 9.17) is 0 Å². The van der Waals surface area contributed by atoms with Crippen molar-refractivity contribution in [1.82, 2.24) is 0 Å². The van der Waals surface area contributed by atoms with Crippen LogP contribution < -0.4 is 0 Å². The largest absolute Gasteiger partial charge is 3.00 e. The third-order valence-electron chi connectivity index (χ3n) is 0. The first-order valence-corrected chi connectivity index (χ1v) is 0. The standard InChI is InChI=1S/H2O.3O.2Y/h1H2;;;;;/q;3*-2;2*+3. The van der Waals surface area contributed by atoms with Gasteiger partial charge < -0.3 is 21.9 Å². The molecule has 0 bridgehead atoms. The normalized spacial score (nSPS) is 0. The summed E-state index contributed by atoms with van der Waals surface area (Å²) in [5.41, 5.74) is 0. The van der Waals surface area contributed by atoms with E-state index in [0.717, 1.165) is 0 Å². The number of hydrogen-bond donors (Lipinski definition) is 0. The zero-order valence-corrected chi connectivity index (χ0v) is 8.56. The first-order chi connectivity index (χ1) is 0. The Labute approximate surface area is 86.1 Å². The molecule has 32 valence electrons. The minimum Gasteiger partial charge on any atom is -2.00 e. The van der Waals surface area contributed by atoms with Gasteiger partial charge in [0.1, 0.15) is 0 Å². The summed E-state index contributed by atoms with van der Waals surface area (Å²) in [7, 11) is 0. The van der Waals surface area contributed by atoms with Crippen LogP contribution in [0.5, 0.6) is 0 Å². The second-order valence-corrected chi connectivity index (χ2v) is 0. The van der Waals surface area contributed by atoms with Crippen LogP contribution in [0.15, 0.2) is 0 Å². The molecule has 0 rings (SSSR count). The molecule has 0 amide bonds. The molecule has 0 heterocycles. The molecule has 0 saturated heterocycles. The van der Waals surface area contributed by atoms with Crippen LogP contribution in [0.25, 0.3) is 0 Å². The molecule has 4 nitrogen and oxygen atoms in total. The Morgan fingerprint density at radius 1 is 0.500 bits per heavy atom. The van der Waals surface area contributed by atoms with Gasteiger partial charge in [0.05, 0.1) is 0 Å². The Morgan fingerprint density at radius 2 is 0.500 bits per heavy atom. The fraction of sp³-hybridized carbons (Fsp3) is 0. The summed E-state index contributed by atoms with van der Waals surface area (Å²) in [6.45, 7) is 0. The van der Waals surface area contributed by atoms with Crippen LogP contribution in [0.3, 0.4) is 0 Å². The molecule has 0 aliphatic carbocycles.